The number of methoxy groups -OCH3 is 1. The third-order valence-electron chi connectivity index (χ3n) is 4.35. The number of aliphatic hydroxyl groups excluding tert-OH is 1. The van der Waals surface area contributed by atoms with Crippen molar-refractivity contribution in [3.05, 3.63) is 23.8 Å². The molecule has 0 radical (unpaired) electrons. The quantitative estimate of drug-likeness (QED) is 0.248. The van der Waals surface area contributed by atoms with Crippen LogP contribution in [0.3, 0.4) is 0 Å². The first-order valence-corrected chi connectivity index (χ1v) is 9.00. The smallest absolute Gasteiger partial charge is 0.170 e. The molecule has 1 saturated heterocycles. The van der Waals surface area contributed by atoms with Gasteiger partial charge in [-0.3, -0.25) is 0 Å². The number of morpholine rings is 1. The fraction of sp³-hybridized carbons (Fsp3) is 0.632. The number of aromatic carboxylic acids is 1. The minimum Gasteiger partial charge on any atom is -1.00 e. The highest BCUT2D eigenvalue weighted by Crippen LogP contribution is 2.30. The highest BCUT2D eigenvalue weighted by molar-refractivity contribution is 5.90. The van der Waals surface area contributed by atoms with Gasteiger partial charge in [0.1, 0.15) is 19.6 Å². The Kier molecular flexibility index (Phi) is 13.4. The molecule has 156 valence electrons. The van der Waals surface area contributed by atoms with Crippen molar-refractivity contribution in [1.29, 1.82) is 0 Å². The lowest BCUT2D eigenvalue weighted by molar-refractivity contribution is -0.917. The van der Waals surface area contributed by atoms with E-state index in [-0.39, 0.29) is 41.9 Å². The summed E-state index contributed by atoms with van der Waals surface area (Å²) in [5.74, 6) is -0.596. The maximum atomic E-state index is 10.9. The van der Waals surface area contributed by atoms with E-state index in [1.54, 1.807) is 12.1 Å². The predicted octanol–water partition coefficient (Wildman–Crippen LogP) is -2.30. The first-order valence-electron chi connectivity index (χ1n) is 9.00. The number of carboxylic acid groups (broad SMARTS) is 1. The molecular formula is C19H31INO6-. The summed E-state index contributed by atoms with van der Waals surface area (Å²) in [7, 11) is 3.64. The molecule has 0 bridgehead atoms. The van der Waals surface area contributed by atoms with Gasteiger partial charge in [-0.1, -0.05) is 19.4 Å². The zero-order valence-electron chi connectivity index (χ0n) is 16.4. The summed E-state index contributed by atoms with van der Waals surface area (Å²) in [6.45, 7) is 7.43. The SMILES string of the molecule is CCCCOc1c(OC)cccc1C(=O)[O-].C[N+]1(CCO)CCOCC1.[I-]. The average Bonchev–Trinajstić information content (AvgIpc) is 2.63. The number of para-hydroxylation sites is 1. The summed E-state index contributed by atoms with van der Waals surface area (Å²) in [5.41, 5.74) is 0.0236. The summed E-state index contributed by atoms with van der Waals surface area (Å²) in [4.78, 5) is 10.9. The minimum absolute atomic E-state index is 0. The largest absolute Gasteiger partial charge is 1.00 e. The highest BCUT2D eigenvalue weighted by atomic mass is 127. The Labute approximate surface area is 178 Å². The third-order valence-corrected chi connectivity index (χ3v) is 4.35. The summed E-state index contributed by atoms with van der Waals surface area (Å²) in [6, 6.07) is 4.70. The van der Waals surface area contributed by atoms with Gasteiger partial charge < -0.3 is 57.7 Å². The van der Waals surface area contributed by atoms with Crippen LogP contribution < -0.4 is 38.6 Å². The second-order valence-corrected chi connectivity index (χ2v) is 6.45. The van der Waals surface area contributed by atoms with E-state index in [9.17, 15) is 9.90 Å². The molecule has 0 amide bonds. The molecule has 1 aromatic rings. The Morgan fingerprint density at radius 1 is 1.33 bits per heavy atom. The van der Waals surface area contributed by atoms with Crippen LogP contribution in [0.2, 0.25) is 0 Å². The van der Waals surface area contributed by atoms with E-state index in [2.05, 4.69) is 7.05 Å². The number of benzene rings is 1. The zero-order valence-corrected chi connectivity index (χ0v) is 18.6. The molecule has 1 heterocycles. The summed E-state index contributed by atoms with van der Waals surface area (Å²) < 4.78 is 16.6. The number of carbonyl (C=O) groups excluding carboxylic acids is 1. The van der Waals surface area contributed by atoms with Gasteiger partial charge in [0.05, 0.1) is 46.6 Å². The van der Waals surface area contributed by atoms with Gasteiger partial charge in [0.2, 0.25) is 0 Å². The summed E-state index contributed by atoms with van der Waals surface area (Å²) >= 11 is 0. The van der Waals surface area contributed by atoms with Gasteiger partial charge in [0, 0.05) is 5.56 Å². The van der Waals surface area contributed by atoms with Crippen LogP contribution >= 0.6 is 0 Å². The van der Waals surface area contributed by atoms with E-state index in [1.807, 2.05) is 6.92 Å². The first-order chi connectivity index (χ1) is 12.5. The minimum atomic E-state index is -1.26. The molecular weight excluding hydrogens is 465 g/mol. The lowest BCUT2D eigenvalue weighted by Crippen LogP contribution is -3.00. The van der Waals surface area contributed by atoms with E-state index in [0.717, 1.165) is 50.2 Å². The van der Waals surface area contributed by atoms with Crippen LogP contribution in [0, 0.1) is 0 Å². The molecule has 8 heteroatoms. The van der Waals surface area contributed by atoms with Gasteiger partial charge in [0.15, 0.2) is 11.5 Å². The summed E-state index contributed by atoms with van der Waals surface area (Å²) in [6.07, 6.45) is 1.85. The van der Waals surface area contributed by atoms with E-state index >= 15 is 0 Å². The van der Waals surface area contributed by atoms with Crippen molar-refractivity contribution in [1.82, 2.24) is 0 Å². The fourth-order valence-corrected chi connectivity index (χ4v) is 2.55. The molecule has 1 N–H and O–H groups in total. The number of carboxylic acids is 1. The Bertz CT molecular complexity index is 543. The highest BCUT2D eigenvalue weighted by Gasteiger charge is 2.23. The monoisotopic (exact) mass is 496 g/mol. The number of hydrogen-bond donors (Lipinski definition) is 1. The van der Waals surface area contributed by atoms with Crippen LogP contribution in [0.5, 0.6) is 11.5 Å². The van der Waals surface area contributed by atoms with Crippen LogP contribution in [0.1, 0.15) is 30.1 Å². The molecule has 1 aliphatic heterocycles. The van der Waals surface area contributed by atoms with Crippen LogP contribution in [-0.4, -0.2) is 75.8 Å². The van der Waals surface area contributed by atoms with Crippen molar-refractivity contribution >= 4 is 5.97 Å². The van der Waals surface area contributed by atoms with Crippen molar-refractivity contribution in [2.45, 2.75) is 19.8 Å². The predicted molar refractivity (Wildman–Crippen MR) is 96.4 cm³/mol. The zero-order chi connectivity index (χ0) is 19.4. The third kappa shape index (κ3) is 9.09. The van der Waals surface area contributed by atoms with Gasteiger partial charge in [-0.2, -0.15) is 0 Å². The second-order valence-electron chi connectivity index (χ2n) is 6.45. The molecule has 7 nitrogen and oxygen atoms in total. The van der Waals surface area contributed by atoms with Gasteiger partial charge in [-0.25, -0.2) is 0 Å². The Morgan fingerprint density at radius 3 is 2.52 bits per heavy atom. The maximum Gasteiger partial charge on any atom is 0.170 e. The molecule has 0 aliphatic carbocycles. The molecule has 0 aromatic heterocycles. The van der Waals surface area contributed by atoms with Crippen molar-refractivity contribution < 1.29 is 57.7 Å². The lowest BCUT2D eigenvalue weighted by atomic mass is 10.2. The van der Waals surface area contributed by atoms with Gasteiger partial charge in [-0.05, 0) is 18.6 Å². The molecule has 0 unspecified atom stereocenters. The van der Waals surface area contributed by atoms with Crippen LogP contribution in [0.15, 0.2) is 18.2 Å². The van der Waals surface area contributed by atoms with E-state index in [1.165, 1.54) is 13.2 Å². The number of ether oxygens (including phenoxy) is 3. The fourth-order valence-electron chi connectivity index (χ4n) is 2.55. The van der Waals surface area contributed by atoms with Crippen LogP contribution in [-0.2, 0) is 4.74 Å². The molecule has 2 rings (SSSR count). The number of nitrogens with zero attached hydrogens (tertiary/aromatic N) is 1. The number of likely N-dealkylation sites (N-methyl/N-ethyl adjacent to an activating group) is 1. The molecule has 0 atom stereocenters. The number of quaternary nitrogens is 1. The Balaban J connectivity index is 0.000000531. The number of rotatable bonds is 8. The molecule has 1 fully saturated rings. The molecule has 0 spiro atoms. The topological polar surface area (TPSA) is 88.1 Å². The number of unbranched alkanes of at least 4 members (excludes halogenated alkanes) is 1. The van der Waals surface area contributed by atoms with E-state index < -0.39 is 5.97 Å². The van der Waals surface area contributed by atoms with E-state index in [4.69, 9.17) is 19.3 Å². The molecule has 1 aromatic carbocycles. The Morgan fingerprint density at radius 2 is 2.00 bits per heavy atom. The normalized spacial score (nSPS) is 15.0. The Hall–Kier alpha value is -1.10. The van der Waals surface area contributed by atoms with Crippen molar-refractivity contribution in [3.8, 4) is 11.5 Å². The maximum absolute atomic E-state index is 10.9. The van der Waals surface area contributed by atoms with Gasteiger partial charge in [0.25, 0.3) is 0 Å². The van der Waals surface area contributed by atoms with Crippen LogP contribution in [0.25, 0.3) is 0 Å². The van der Waals surface area contributed by atoms with Gasteiger partial charge in [-0.15, -0.1) is 0 Å². The number of hydrogen-bond acceptors (Lipinski definition) is 6. The van der Waals surface area contributed by atoms with Crippen molar-refractivity contribution in [2.24, 2.45) is 0 Å². The average molecular weight is 496 g/mol. The lowest BCUT2D eigenvalue weighted by Gasteiger charge is -2.36. The second kappa shape index (κ2) is 14.0. The summed E-state index contributed by atoms with van der Waals surface area (Å²) in [5, 5.41) is 19.6. The van der Waals surface area contributed by atoms with E-state index in [0.29, 0.717) is 12.4 Å². The molecule has 0 saturated carbocycles. The number of halogens is 1. The van der Waals surface area contributed by atoms with Gasteiger partial charge >= 0.3 is 0 Å². The number of aliphatic hydroxyl groups is 1. The number of carbonyl (C=O) groups is 1. The van der Waals surface area contributed by atoms with Crippen molar-refractivity contribution in [3.63, 3.8) is 0 Å². The standard InChI is InChI=1S/C12H16O4.C7H16NO2.HI/c1-3-4-8-16-11-9(12(13)14)6-5-7-10(11)15-2;1-8(2-5-9)3-6-10-7-4-8;/h5-7H,3-4,8H2,1-2H3,(H,13,14);9H,2-7H2,1H3;1H/q;+1;/p-2. The van der Waals surface area contributed by atoms with Crippen molar-refractivity contribution in [2.75, 3.05) is 60.2 Å². The molecule has 27 heavy (non-hydrogen) atoms. The molecule has 1 aliphatic rings. The van der Waals surface area contributed by atoms with Crippen LogP contribution in [0.4, 0.5) is 0 Å². The first kappa shape index (κ1) is 25.9.